The Morgan fingerprint density at radius 3 is 2.42 bits per heavy atom. The Morgan fingerprint density at radius 1 is 1.12 bits per heavy atom. The lowest BCUT2D eigenvalue weighted by atomic mass is 10.1. The number of para-hydroxylation sites is 1. The summed E-state index contributed by atoms with van der Waals surface area (Å²) in [5, 5.41) is 0.505. The SMILES string of the molecule is CC(C)[C@@H]1Oc2ccccc2C(=O)N(CC(=O)c2ccc(Cl)cc2)C1=O. The number of benzene rings is 2. The summed E-state index contributed by atoms with van der Waals surface area (Å²) in [6, 6.07) is 13.0. The average molecular weight is 372 g/mol. The normalized spacial score (nSPS) is 16.9. The number of carbonyl (C=O) groups is 3. The number of amides is 2. The van der Waals surface area contributed by atoms with Crippen molar-refractivity contribution in [2.75, 3.05) is 6.54 Å². The van der Waals surface area contributed by atoms with Crippen LogP contribution in [0.3, 0.4) is 0 Å². The number of hydrogen-bond donors (Lipinski definition) is 0. The van der Waals surface area contributed by atoms with Gasteiger partial charge in [0.05, 0.1) is 12.1 Å². The molecule has 0 saturated carbocycles. The molecule has 0 aliphatic carbocycles. The van der Waals surface area contributed by atoms with Crippen LogP contribution in [0.5, 0.6) is 5.75 Å². The molecule has 1 aliphatic heterocycles. The Labute approximate surface area is 156 Å². The van der Waals surface area contributed by atoms with Crippen LogP contribution in [0.4, 0.5) is 0 Å². The molecule has 2 aromatic rings. The molecule has 2 amide bonds. The monoisotopic (exact) mass is 371 g/mol. The van der Waals surface area contributed by atoms with Crippen LogP contribution in [0, 0.1) is 5.92 Å². The first-order valence-corrected chi connectivity index (χ1v) is 8.66. The van der Waals surface area contributed by atoms with Gasteiger partial charge in [-0.05, 0) is 42.3 Å². The van der Waals surface area contributed by atoms with E-state index >= 15 is 0 Å². The van der Waals surface area contributed by atoms with Crippen molar-refractivity contribution in [3.63, 3.8) is 0 Å². The van der Waals surface area contributed by atoms with Gasteiger partial charge in [-0.1, -0.05) is 37.6 Å². The molecule has 3 rings (SSSR count). The van der Waals surface area contributed by atoms with Crippen molar-refractivity contribution >= 4 is 29.2 Å². The summed E-state index contributed by atoms with van der Waals surface area (Å²) in [5.74, 6) is -1.19. The Bertz CT molecular complexity index is 860. The predicted molar refractivity (Wildman–Crippen MR) is 97.5 cm³/mol. The van der Waals surface area contributed by atoms with Gasteiger partial charge in [0.15, 0.2) is 11.9 Å². The molecule has 6 heteroatoms. The number of hydrogen-bond acceptors (Lipinski definition) is 4. The minimum atomic E-state index is -0.833. The number of nitrogens with zero attached hydrogens (tertiary/aromatic N) is 1. The zero-order valence-electron chi connectivity index (χ0n) is 14.4. The summed E-state index contributed by atoms with van der Waals surface area (Å²) in [6.07, 6.45) is -0.833. The average Bonchev–Trinajstić information content (AvgIpc) is 2.72. The second-order valence-electron chi connectivity index (χ2n) is 6.44. The van der Waals surface area contributed by atoms with E-state index in [1.54, 1.807) is 48.5 Å². The zero-order chi connectivity index (χ0) is 18.8. The smallest absolute Gasteiger partial charge is 0.271 e. The van der Waals surface area contributed by atoms with Crippen molar-refractivity contribution in [1.29, 1.82) is 0 Å². The molecule has 1 atom stereocenters. The number of carbonyl (C=O) groups excluding carboxylic acids is 3. The second kappa shape index (κ2) is 7.30. The highest BCUT2D eigenvalue weighted by Crippen LogP contribution is 2.28. The van der Waals surface area contributed by atoms with Gasteiger partial charge in [0.2, 0.25) is 0 Å². The molecule has 26 heavy (non-hydrogen) atoms. The van der Waals surface area contributed by atoms with Crippen LogP contribution in [0.2, 0.25) is 5.02 Å². The summed E-state index contributed by atoms with van der Waals surface area (Å²) in [6.45, 7) is 3.32. The standard InChI is InChI=1S/C20H18ClNO4/c1-12(2)18-20(25)22(11-16(23)13-7-9-14(21)10-8-13)19(24)15-5-3-4-6-17(15)26-18/h3-10,12,18H,11H2,1-2H3/t18-/m0/s1. The molecule has 0 unspecified atom stereocenters. The predicted octanol–water partition coefficient (Wildman–Crippen LogP) is 3.61. The molecule has 0 N–H and O–H groups in total. The van der Waals surface area contributed by atoms with E-state index in [1.807, 2.05) is 13.8 Å². The van der Waals surface area contributed by atoms with Gasteiger partial charge in [-0.25, -0.2) is 0 Å². The van der Waals surface area contributed by atoms with Crippen LogP contribution < -0.4 is 4.74 Å². The maximum absolute atomic E-state index is 12.9. The van der Waals surface area contributed by atoms with Crippen LogP contribution in [0.25, 0.3) is 0 Å². The van der Waals surface area contributed by atoms with Gasteiger partial charge in [-0.2, -0.15) is 0 Å². The first kappa shape index (κ1) is 18.1. The highest BCUT2D eigenvalue weighted by molar-refractivity contribution is 6.30. The number of fused-ring (bicyclic) bond motifs is 1. The summed E-state index contributed by atoms with van der Waals surface area (Å²) >= 11 is 5.84. The summed E-state index contributed by atoms with van der Waals surface area (Å²) in [7, 11) is 0. The first-order valence-electron chi connectivity index (χ1n) is 8.28. The molecule has 0 saturated heterocycles. The topological polar surface area (TPSA) is 63.7 Å². The fourth-order valence-corrected chi connectivity index (χ4v) is 2.90. The van der Waals surface area contributed by atoms with Crippen molar-refractivity contribution in [3.05, 3.63) is 64.7 Å². The van der Waals surface area contributed by atoms with Crippen molar-refractivity contribution in [1.82, 2.24) is 4.90 Å². The molecular weight excluding hydrogens is 354 g/mol. The van der Waals surface area contributed by atoms with Crippen molar-refractivity contribution < 1.29 is 19.1 Å². The molecule has 0 bridgehead atoms. The maximum Gasteiger partial charge on any atom is 0.271 e. The Balaban J connectivity index is 1.95. The third-order valence-corrected chi connectivity index (χ3v) is 4.45. The molecule has 0 aromatic heterocycles. The van der Waals surface area contributed by atoms with Gasteiger partial charge in [0.1, 0.15) is 5.75 Å². The third kappa shape index (κ3) is 3.48. The zero-order valence-corrected chi connectivity index (χ0v) is 15.2. The lowest BCUT2D eigenvalue weighted by Crippen LogP contribution is -2.47. The number of imide groups is 1. The van der Waals surface area contributed by atoms with E-state index in [9.17, 15) is 14.4 Å². The minimum absolute atomic E-state index is 0.158. The molecule has 0 radical (unpaired) electrons. The number of ketones is 1. The summed E-state index contributed by atoms with van der Waals surface area (Å²) in [4.78, 5) is 39.3. The van der Waals surface area contributed by atoms with Gasteiger partial charge in [-0.3, -0.25) is 19.3 Å². The van der Waals surface area contributed by atoms with Gasteiger partial charge in [0.25, 0.3) is 11.8 Å². The first-order chi connectivity index (χ1) is 12.4. The molecule has 0 fully saturated rings. The highest BCUT2D eigenvalue weighted by atomic mass is 35.5. The molecule has 1 heterocycles. The number of halogens is 1. The van der Waals surface area contributed by atoms with E-state index in [1.165, 1.54) is 0 Å². The fourth-order valence-electron chi connectivity index (χ4n) is 2.77. The van der Waals surface area contributed by atoms with E-state index < -0.39 is 17.9 Å². The second-order valence-corrected chi connectivity index (χ2v) is 6.87. The largest absolute Gasteiger partial charge is 0.479 e. The lowest BCUT2D eigenvalue weighted by Gasteiger charge is -2.24. The van der Waals surface area contributed by atoms with E-state index in [2.05, 4.69) is 0 Å². The number of rotatable bonds is 4. The summed E-state index contributed by atoms with van der Waals surface area (Å²) in [5.41, 5.74) is 0.655. The van der Waals surface area contributed by atoms with Crippen LogP contribution in [-0.4, -0.2) is 35.1 Å². The van der Waals surface area contributed by atoms with Crippen molar-refractivity contribution in [2.45, 2.75) is 20.0 Å². The molecule has 134 valence electrons. The van der Waals surface area contributed by atoms with Crippen LogP contribution in [-0.2, 0) is 4.79 Å². The van der Waals surface area contributed by atoms with Crippen LogP contribution >= 0.6 is 11.6 Å². The van der Waals surface area contributed by atoms with E-state index in [0.717, 1.165) is 4.90 Å². The van der Waals surface area contributed by atoms with Gasteiger partial charge in [-0.15, -0.1) is 0 Å². The van der Waals surface area contributed by atoms with Crippen molar-refractivity contribution in [2.24, 2.45) is 5.92 Å². The third-order valence-electron chi connectivity index (χ3n) is 4.20. The number of ether oxygens (including phenoxy) is 1. The quantitative estimate of drug-likeness (QED) is 0.608. The van der Waals surface area contributed by atoms with E-state index in [0.29, 0.717) is 16.3 Å². The highest BCUT2D eigenvalue weighted by Gasteiger charge is 2.38. The van der Waals surface area contributed by atoms with Crippen molar-refractivity contribution in [3.8, 4) is 5.75 Å². The van der Waals surface area contributed by atoms with Gasteiger partial charge >= 0.3 is 0 Å². The van der Waals surface area contributed by atoms with E-state index in [-0.39, 0.29) is 23.8 Å². The lowest BCUT2D eigenvalue weighted by molar-refractivity contribution is -0.136. The maximum atomic E-state index is 12.9. The minimum Gasteiger partial charge on any atom is -0.479 e. The Morgan fingerprint density at radius 2 is 1.77 bits per heavy atom. The van der Waals surface area contributed by atoms with Crippen LogP contribution in [0.15, 0.2) is 48.5 Å². The van der Waals surface area contributed by atoms with E-state index in [4.69, 9.17) is 16.3 Å². The molecular formula is C20H18ClNO4. The Hall–Kier alpha value is -2.66. The van der Waals surface area contributed by atoms with Crippen LogP contribution in [0.1, 0.15) is 34.6 Å². The summed E-state index contributed by atoms with van der Waals surface area (Å²) < 4.78 is 5.79. The fraction of sp³-hybridized carbons (Fsp3) is 0.250. The molecule has 0 spiro atoms. The molecule has 2 aromatic carbocycles. The van der Waals surface area contributed by atoms with Gasteiger partial charge in [0, 0.05) is 10.6 Å². The molecule has 1 aliphatic rings. The number of Topliss-reactive ketones (excluding diaryl/α,β-unsaturated/α-hetero) is 1. The molecule has 5 nitrogen and oxygen atoms in total. The Kier molecular flexibility index (Phi) is 5.09. The van der Waals surface area contributed by atoms with Gasteiger partial charge < -0.3 is 4.74 Å².